The number of aromatic amines is 2. The first-order chi connectivity index (χ1) is 18.1. The Morgan fingerprint density at radius 2 is 1.92 bits per heavy atom. The van der Waals surface area contributed by atoms with E-state index in [-0.39, 0.29) is 5.91 Å². The highest BCUT2D eigenvalue weighted by atomic mass is 16.1. The lowest BCUT2D eigenvalue weighted by molar-refractivity contribution is -0.116. The predicted molar refractivity (Wildman–Crippen MR) is 140 cm³/mol. The summed E-state index contributed by atoms with van der Waals surface area (Å²) in [7, 11) is 0. The highest BCUT2D eigenvalue weighted by Crippen LogP contribution is 2.30. The van der Waals surface area contributed by atoms with Gasteiger partial charge in [-0.05, 0) is 25.5 Å². The molecule has 0 saturated heterocycles. The van der Waals surface area contributed by atoms with Crippen LogP contribution < -0.4 is 5.32 Å². The first kappa shape index (κ1) is 22.5. The minimum Gasteiger partial charge on any atom is -0.335 e. The van der Waals surface area contributed by atoms with Crippen LogP contribution in [-0.4, -0.2) is 50.6 Å². The van der Waals surface area contributed by atoms with E-state index < -0.39 is 0 Å². The van der Waals surface area contributed by atoms with Gasteiger partial charge in [0, 0.05) is 36.1 Å². The van der Waals surface area contributed by atoms with E-state index in [9.17, 15) is 4.79 Å². The molecule has 0 spiro atoms. The van der Waals surface area contributed by atoms with Gasteiger partial charge in [-0.1, -0.05) is 13.3 Å². The van der Waals surface area contributed by atoms with Crippen molar-refractivity contribution in [3.05, 3.63) is 61.3 Å². The molecule has 11 nitrogen and oxygen atoms in total. The Bertz CT molecular complexity index is 1750. The zero-order valence-corrected chi connectivity index (χ0v) is 20.4. The first-order valence-corrected chi connectivity index (χ1v) is 12.0. The van der Waals surface area contributed by atoms with Gasteiger partial charge in [0.15, 0.2) is 11.5 Å². The van der Waals surface area contributed by atoms with Crippen molar-refractivity contribution < 1.29 is 4.79 Å². The van der Waals surface area contributed by atoms with Gasteiger partial charge in [0.2, 0.25) is 5.91 Å². The summed E-state index contributed by atoms with van der Waals surface area (Å²) in [4.78, 5) is 37.9. The molecule has 0 radical (unpaired) electrons. The lowest BCUT2D eigenvalue weighted by atomic mass is 10.1. The number of pyridine rings is 3. The van der Waals surface area contributed by atoms with Gasteiger partial charge < -0.3 is 14.9 Å². The fraction of sp³-hybridized carbons (Fsp3) is 0.192. The van der Waals surface area contributed by atoms with Crippen LogP contribution in [0.3, 0.4) is 0 Å². The van der Waals surface area contributed by atoms with Gasteiger partial charge in [0.1, 0.15) is 11.2 Å². The largest absolute Gasteiger partial charge is 0.335 e. The molecule has 6 heterocycles. The quantitative estimate of drug-likeness (QED) is 0.296. The number of rotatable bonds is 7. The maximum absolute atomic E-state index is 12.2. The average Bonchev–Trinajstić information content (AvgIpc) is 3.64. The van der Waals surface area contributed by atoms with Crippen molar-refractivity contribution in [2.24, 2.45) is 0 Å². The zero-order valence-electron chi connectivity index (χ0n) is 20.4. The summed E-state index contributed by atoms with van der Waals surface area (Å²) >= 11 is 0. The van der Waals surface area contributed by atoms with E-state index in [0.717, 1.165) is 51.8 Å². The van der Waals surface area contributed by atoms with E-state index in [2.05, 4.69) is 47.4 Å². The molecule has 0 aliphatic rings. The van der Waals surface area contributed by atoms with Crippen molar-refractivity contribution in [1.29, 1.82) is 0 Å². The van der Waals surface area contributed by atoms with E-state index in [4.69, 9.17) is 4.98 Å². The molecule has 0 saturated carbocycles. The predicted octanol–water partition coefficient (Wildman–Crippen LogP) is 4.58. The Morgan fingerprint density at radius 1 is 1.05 bits per heavy atom. The summed E-state index contributed by atoms with van der Waals surface area (Å²) in [5, 5.41) is 11.2. The third kappa shape index (κ3) is 4.31. The summed E-state index contributed by atoms with van der Waals surface area (Å²) < 4.78 is 1.90. The minimum atomic E-state index is -0.0175. The number of aromatic nitrogens is 9. The average molecular weight is 493 g/mol. The first-order valence-electron chi connectivity index (χ1n) is 12.0. The molecule has 6 rings (SSSR count). The Kier molecular flexibility index (Phi) is 5.64. The van der Waals surface area contributed by atoms with Crippen molar-refractivity contribution in [1.82, 2.24) is 44.7 Å². The van der Waals surface area contributed by atoms with Crippen LogP contribution in [0, 0.1) is 6.92 Å². The number of anilines is 1. The van der Waals surface area contributed by atoms with Crippen LogP contribution in [0.5, 0.6) is 0 Å². The van der Waals surface area contributed by atoms with Gasteiger partial charge in [-0.15, -0.1) is 0 Å². The third-order valence-electron chi connectivity index (χ3n) is 6.12. The number of hydrogen-bond donors (Lipinski definition) is 3. The van der Waals surface area contributed by atoms with Crippen LogP contribution in [-0.2, 0) is 4.79 Å². The van der Waals surface area contributed by atoms with E-state index >= 15 is 0 Å². The molecule has 37 heavy (non-hydrogen) atoms. The van der Waals surface area contributed by atoms with Gasteiger partial charge in [0.05, 0.1) is 52.9 Å². The van der Waals surface area contributed by atoms with Crippen molar-refractivity contribution in [3.8, 4) is 28.3 Å². The summed E-state index contributed by atoms with van der Waals surface area (Å²) in [6.45, 7) is 4.00. The number of aryl methyl sites for hydroxylation is 1. The Labute approximate surface area is 211 Å². The zero-order chi connectivity index (χ0) is 25.4. The highest BCUT2D eigenvalue weighted by Gasteiger charge is 2.17. The number of carbonyl (C=O) groups excluding carboxylic acids is 1. The van der Waals surface area contributed by atoms with Crippen molar-refractivity contribution >= 4 is 33.7 Å². The number of amides is 1. The van der Waals surface area contributed by atoms with Gasteiger partial charge in [0.25, 0.3) is 0 Å². The number of carbonyl (C=O) groups is 1. The molecule has 0 unspecified atom stereocenters. The molecule has 0 fully saturated rings. The highest BCUT2D eigenvalue weighted by molar-refractivity contribution is 5.95. The molecular weight excluding hydrogens is 468 g/mol. The molecule has 3 N–H and O–H groups in total. The fourth-order valence-corrected chi connectivity index (χ4v) is 4.24. The lowest BCUT2D eigenvalue weighted by Crippen LogP contribution is -2.11. The maximum Gasteiger partial charge on any atom is 0.224 e. The number of imidazole rings is 2. The smallest absolute Gasteiger partial charge is 0.224 e. The van der Waals surface area contributed by atoms with Crippen LogP contribution in [0.2, 0.25) is 0 Å². The summed E-state index contributed by atoms with van der Waals surface area (Å²) in [5.41, 5.74) is 6.91. The maximum atomic E-state index is 12.2. The molecule has 6 aromatic rings. The van der Waals surface area contributed by atoms with E-state index in [0.29, 0.717) is 29.3 Å². The SMILES string of the molecule is CCCCC(=O)Nc1cncc(-c2cnc3n[nH]c(-c4nc5c(-n6cnc(C)c6)cncc5[nH]4)c3c2)c1. The van der Waals surface area contributed by atoms with Crippen molar-refractivity contribution in [2.45, 2.75) is 33.1 Å². The van der Waals surface area contributed by atoms with Crippen LogP contribution >= 0.6 is 0 Å². The number of nitrogens with one attached hydrogen (secondary N) is 3. The molecule has 0 atom stereocenters. The van der Waals surface area contributed by atoms with Crippen molar-refractivity contribution in [2.75, 3.05) is 5.32 Å². The molecule has 0 aromatic carbocycles. The molecule has 0 bridgehead atoms. The number of nitrogens with zero attached hydrogens (tertiary/aromatic N) is 7. The molecule has 0 aliphatic heterocycles. The summed E-state index contributed by atoms with van der Waals surface area (Å²) in [6.07, 6.45) is 14.6. The standard InChI is InChI=1S/C26H24N10O/c1-3-4-5-22(37)31-18-6-16(8-27-10-18)17-7-19-23(34-35-25(19)29-9-17)26-32-20-11-28-12-21(24(20)33-26)36-13-15(2)30-14-36/h6-14H,3-5H2,1-2H3,(H,31,37)(H,32,33)(H,29,34,35). The Balaban J connectivity index is 1.37. The van der Waals surface area contributed by atoms with Crippen LogP contribution in [0.4, 0.5) is 5.69 Å². The van der Waals surface area contributed by atoms with Crippen LogP contribution in [0.25, 0.3) is 50.4 Å². The van der Waals surface area contributed by atoms with E-state index in [1.165, 1.54) is 0 Å². The molecule has 1 amide bonds. The molecule has 0 aliphatic carbocycles. The van der Waals surface area contributed by atoms with Gasteiger partial charge in [-0.3, -0.25) is 19.9 Å². The lowest BCUT2D eigenvalue weighted by Gasteiger charge is -2.07. The summed E-state index contributed by atoms with van der Waals surface area (Å²) in [6, 6.07) is 3.89. The Hall–Kier alpha value is -4.93. The number of unbranched alkanes of at least 4 members (excludes halogenated alkanes) is 1. The number of hydrogen-bond acceptors (Lipinski definition) is 7. The van der Waals surface area contributed by atoms with Crippen molar-refractivity contribution in [3.63, 3.8) is 0 Å². The molecule has 11 heteroatoms. The minimum absolute atomic E-state index is 0.0175. The van der Waals surface area contributed by atoms with Crippen LogP contribution in [0.15, 0.2) is 55.6 Å². The second-order valence-electron chi connectivity index (χ2n) is 8.87. The fourth-order valence-electron chi connectivity index (χ4n) is 4.24. The third-order valence-corrected chi connectivity index (χ3v) is 6.12. The monoisotopic (exact) mass is 492 g/mol. The molecule has 184 valence electrons. The van der Waals surface area contributed by atoms with Gasteiger partial charge >= 0.3 is 0 Å². The second-order valence-corrected chi connectivity index (χ2v) is 8.87. The number of fused-ring (bicyclic) bond motifs is 2. The topological polar surface area (TPSA) is 143 Å². The van der Waals surface area contributed by atoms with Crippen LogP contribution in [0.1, 0.15) is 31.9 Å². The second kappa shape index (κ2) is 9.26. The number of H-pyrrole nitrogens is 2. The molecular formula is C26H24N10O. The van der Waals surface area contributed by atoms with E-state index in [1.807, 2.05) is 29.8 Å². The van der Waals surface area contributed by atoms with Gasteiger partial charge in [-0.25, -0.2) is 15.0 Å². The summed E-state index contributed by atoms with van der Waals surface area (Å²) in [5.74, 6) is 0.605. The molecule has 6 aromatic heterocycles. The normalized spacial score (nSPS) is 11.4. The van der Waals surface area contributed by atoms with Gasteiger partial charge in [-0.2, -0.15) is 5.10 Å². The Morgan fingerprint density at radius 3 is 2.76 bits per heavy atom. The van der Waals surface area contributed by atoms with E-state index in [1.54, 1.807) is 37.3 Å².